The molecule has 0 amide bonds. The highest BCUT2D eigenvalue weighted by molar-refractivity contribution is 6.27. The van der Waals surface area contributed by atoms with Crippen LogP contribution >= 0.6 is 0 Å². The van der Waals surface area contributed by atoms with Gasteiger partial charge in [0, 0.05) is 24.3 Å². The Morgan fingerprint density at radius 2 is 0.981 bits per heavy atom. The minimum Gasteiger partial charge on any atom is -0.398 e. The van der Waals surface area contributed by atoms with Crippen molar-refractivity contribution in [1.29, 1.82) is 0 Å². The van der Waals surface area contributed by atoms with Gasteiger partial charge in [0.1, 0.15) is 0 Å². The summed E-state index contributed by atoms with van der Waals surface area (Å²) in [6.07, 6.45) is 0. The monoisotopic (exact) mass is 666 g/mol. The predicted octanol–water partition coefficient (Wildman–Crippen LogP) is 12.7. The van der Waals surface area contributed by atoms with Crippen molar-refractivity contribution in [2.75, 3.05) is 5.73 Å². The molecule has 0 aliphatic rings. The van der Waals surface area contributed by atoms with Crippen LogP contribution in [0.3, 0.4) is 0 Å². The van der Waals surface area contributed by atoms with Gasteiger partial charge in [-0.2, -0.15) is 0 Å². The highest BCUT2D eigenvalue weighted by Gasteiger charge is 2.18. The first-order chi connectivity index (χ1) is 25.7. The molecule has 9 rings (SSSR count). The fourth-order valence-electron chi connectivity index (χ4n) is 7.86. The lowest BCUT2D eigenvalue weighted by Gasteiger charge is -2.19. The van der Waals surface area contributed by atoms with E-state index in [4.69, 9.17) is 5.73 Å². The van der Waals surface area contributed by atoms with E-state index in [1.807, 2.05) is 18.2 Å². The Hall–Kier alpha value is -6.48. The highest BCUT2D eigenvalue weighted by Crippen LogP contribution is 2.46. The molecule has 2 heteroatoms. The summed E-state index contributed by atoms with van der Waals surface area (Å²) >= 11 is 0. The van der Waals surface area contributed by atoms with Crippen molar-refractivity contribution in [3.05, 3.63) is 199 Å². The Balaban J connectivity index is 1.04. The van der Waals surface area contributed by atoms with Crippen molar-refractivity contribution in [3.63, 3.8) is 0 Å². The fourth-order valence-corrected chi connectivity index (χ4v) is 7.86. The molecule has 0 radical (unpaired) electrons. The zero-order valence-electron chi connectivity index (χ0n) is 28.9. The number of benzene rings is 9. The van der Waals surface area contributed by atoms with E-state index in [0.29, 0.717) is 0 Å². The van der Waals surface area contributed by atoms with Crippen LogP contribution in [0.15, 0.2) is 188 Å². The largest absolute Gasteiger partial charge is 0.398 e. The summed E-state index contributed by atoms with van der Waals surface area (Å²) in [6.45, 7) is 1.53. The summed E-state index contributed by atoms with van der Waals surface area (Å²) in [5.41, 5.74) is 19.3. The number of hydrogen-bond acceptors (Lipinski definition) is 2. The van der Waals surface area contributed by atoms with E-state index >= 15 is 0 Å². The molecule has 0 saturated carbocycles. The summed E-state index contributed by atoms with van der Waals surface area (Å²) in [6, 6.07) is 67.6. The van der Waals surface area contributed by atoms with Crippen molar-refractivity contribution >= 4 is 38.0 Å². The molecule has 0 atom stereocenters. The smallest absolute Gasteiger partial charge is 0.0393 e. The van der Waals surface area contributed by atoms with Gasteiger partial charge in [-0.25, -0.2) is 0 Å². The van der Waals surface area contributed by atoms with E-state index in [2.05, 4.69) is 175 Å². The number of nitrogens with two attached hydrogens (primary N) is 1. The highest BCUT2D eigenvalue weighted by atomic mass is 14.8. The Morgan fingerprint density at radius 3 is 1.77 bits per heavy atom. The van der Waals surface area contributed by atoms with Gasteiger partial charge in [0.2, 0.25) is 0 Å². The molecule has 0 aliphatic heterocycles. The van der Waals surface area contributed by atoms with Gasteiger partial charge in [-0.05, 0) is 94.5 Å². The fraction of sp³-hybridized carbons (Fsp3) is 0.0400. The zero-order valence-corrected chi connectivity index (χ0v) is 28.9. The van der Waals surface area contributed by atoms with Crippen LogP contribution in [0.1, 0.15) is 11.1 Å². The zero-order chi connectivity index (χ0) is 34.9. The minimum absolute atomic E-state index is 0.762. The normalized spacial score (nSPS) is 11.4. The van der Waals surface area contributed by atoms with E-state index in [1.165, 1.54) is 76.8 Å². The SMILES string of the molecule is Nc1ccccc1-c1cccc(-c2ccccc2CNCc2ccc(-c3c4ccccc4c(-c4ccccc4)c4ccc5ccccc5c34)cc2)c1. The van der Waals surface area contributed by atoms with Gasteiger partial charge in [0.05, 0.1) is 0 Å². The number of para-hydroxylation sites is 1. The maximum atomic E-state index is 6.32. The molecule has 248 valence electrons. The molecule has 9 aromatic carbocycles. The summed E-state index contributed by atoms with van der Waals surface area (Å²) in [4.78, 5) is 0. The van der Waals surface area contributed by atoms with E-state index in [1.54, 1.807) is 0 Å². The third-order valence-corrected chi connectivity index (χ3v) is 10.3. The number of anilines is 1. The molecule has 0 unspecified atom stereocenters. The van der Waals surface area contributed by atoms with E-state index in [-0.39, 0.29) is 0 Å². The molecular weight excluding hydrogens is 629 g/mol. The molecule has 0 aromatic heterocycles. The van der Waals surface area contributed by atoms with Crippen LogP contribution in [0.5, 0.6) is 0 Å². The average Bonchev–Trinajstić information content (AvgIpc) is 3.21. The quantitative estimate of drug-likeness (QED) is 0.0962. The minimum atomic E-state index is 0.762. The van der Waals surface area contributed by atoms with Gasteiger partial charge >= 0.3 is 0 Å². The molecule has 0 heterocycles. The lowest BCUT2D eigenvalue weighted by atomic mass is 9.84. The van der Waals surface area contributed by atoms with Crippen LogP contribution in [0, 0.1) is 0 Å². The summed E-state index contributed by atoms with van der Waals surface area (Å²) in [5, 5.41) is 11.4. The van der Waals surface area contributed by atoms with Gasteiger partial charge in [-0.1, -0.05) is 176 Å². The second-order valence-electron chi connectivity index (χ2n) is 13.5. The average molecular weight is 667 g/mol. The lowest BCUT2D eigenvalue weighted by Crippen LogP contribution is -2.13. The first-order valence-corrected chi connectivity index (χ1v) is 18.0. The third-order valence-electron chi connectivity index (χ3n) is 10.3. The Labute approximate surface area is 304 Å². The topological polar surface area (TPSA) is 38.0 Å². The van der Waals surface area contributed by atoms with Gasteiger partial charge < -0.3 is 11.1 Å². The van der Waals surface area contributed by atoms with E-state index in [0.717, 1.165) is 29.9 Å². The van der Waals surface area contributed by atoms with Crippen molar-refractivity contribution in [1.82, 2.24) is 5.32 Å². The van der Waals surface area contributed by atoms with Crippen molar-refractivity contribution in [3.8, 4) is 44.5 Å². The Morgan fingerprint density at radius 1 is 0.385 bits per heavy atom. The molecule has 0 aliphatic carbocycles. The molecule has 2 nitrogen and oxygen atoms in total. The molecular formula is C50H38N2. The van der Waals surface area contributed by atoms with Crippen LogP contribution in [-0.2, 0) is 13.1 Å². The van der Waals surface area contributed by atoms with Crippen LogP contribution in [-0.4, -0.2) is 0 Å². The van der Waals surface area contributed by atoms with Crippen LogP contribution in [0.4, 0.5) is 5.69 Å². The summed E-state index contributed by atoms with van der Waals surface area (Å²) < 4.78 is 0. The van der Waals surface area contributed by atoms with Crippen LogP contribution in [0.25, 0.3) is 76.8 Å². The number of hydrogen-bond donors (Lipinski definition) is 2. The summed E-state index contributed by atoms with van der Waals surface area (Å²) in [7, 11) is 0. The van der Waals surface area contributed by atoms with Crippen molar-refractivity contribution < 1.29 is 0 Å². The second-order valence-corrected chi connectivity index (χ2v) is 13.5. The van der Waals surface area contributed by atoms with Gasteiger partial charge in [0.25, 0.3) is 0 Å². The predicted molar refractivity (Wildman–Crippen MR) is 222 cm³/mol. The third kappa shape index (κ3) is 5.80. The molecule has 9 aromatic rings. The molecule has 0 spiro atoms. The standard InChI is InChI=1S/C50H38N2/c51-47-24-11-10-20-42(47)39-18-12-17-38(31-39)41-19-6-5-16-40(41)33-52-32-34-25-27-37(28-26-34)49-45-23-9-8-22-44(45)48(36-14-2-1-3-15-36)46-30-29-35-13-4-7-21-43(35)50(46)49/h1-31,52H,32-33,51H2. The summed E-state index contributed by atoms with van der Waals surface area (Å²) in [5.74, 6) is 0. The van der Waals surface area contributed by atoms with E-state index in [9.17, 15) is 0 Å². The van der Waals surface area contributed by atoms with Gasteiger partial charge in [0.15, 0.2) is 0 Å². The van der Waals surface area contributed by atoms with Crippen molar-refractivity contribution in [2.24, 2.45) is 0 Å². The molecule has 3 N–H and O–H groups in total. The van der Waals surface area contributed by atoms with Gasteiger partial charge in [-0.3, -0.25) is 0 Å². The second kappa shape index (κ2) is 13.7. The maximum absolute atomic E-state index is 6.32. The molecule has 0 saturated heterocycles. The molecule has 0 fully saturated rings. The van der Waals surface area contributed by atoms with Gasteiger partial charge in [-0.15, -0.1) is 0 Å². The maximum Gasteiger partial charge on any atom is 0.0393 e. The van der Waals surface area contributed by atoms with E-state index < -0.39 is 0 Å². The number of rotatable bonds is 8. The number of fused-ring (bicyclic) bond motifs is 4. The Bertz CT molecular complexity index is 2710. The first-order valence-electron chi connectivity index (χ1n) is 18.0. The van der Waals surface area contributed by atoms with Crippen LogP contribution in [0.2, 0.25) is 0 Å². The first kappa shape index (κ1) is 31.5. The number of nitrogen functional groups attached to an aromatic ring is 1. The molecule has 52 heavy (non-hydrogen) atoms. The number of nitrogens with one attached hydrogen (secondary N) is 1. The van der Waals surface area contributed by atoms with Crippen molar-refractivity contribution in [2.45, 2.75) is 13.1 Å². The molecule has 0 bridgehead atoms. The van der Waals surface area contributed by atoms with Crippen LogP contribution < -0.4 is 11.1 Å². The lowest BCUT2D eigenvalue weighted by molar-refractivity contribution is 0.694. The Kier molecular flexibility index (Phi) is 8.28.